The van der Waals surface area contributed by atoms with Crippen LogP contribution in [0, 0.1) is 11.6 Å². The van der Waals surface area contributed by atoms with Crippen molar-refractivity contribution in [2.24, 2.45) is 0 Å². The summed E-state index contributed by atoms with van der Waals surface area (Å²) in [4.78, 5) is 22.2. The second-order valence-corrected chi connectivity index (χ2v) is 8.90. The number of alkyl halides is 2. The van der Waals surface area contributed by atoms with Crippen LogP contribution in [0.25, 0.3) is 0 Å². The summed E-state index contributed by atoms with van der Waals surface area (Å²) >= 11 is 0. The average molecular weight is 551 g/mol. The first kappa shape index (κ1) is 31.6. The van der Waals surface area contributed by atoms with Crippen molar-refractivity contribution in [3.63, 3.8) is 0 Å². The fraction of sp³-hybridized carbons (Fsp3) is 0.400. The minimum Gasteiger partial charge on any atom is -0.465 e. The average Bonchev–Trinajstić information content (AvgIpc) is 2.88. The van der Waals surface area contributed by atoms with Crippen molar-refractivity contribution in [3.8, 4) is 5.75 Å². The van der Waals surface area contributed by atoms with Crippen molar-refractivity contribution in [1.29, 1.82) is 0 Å². The van der Waals surface area contributed by atoms with Crippen LogP contribution in [0.2, 0.25) is 0 Å². The van der Waals surface area contributed by atoms with Crippen molar-refractivity contribution < 1.29 is 41.4 Å². The summed E-state index contributed by atoms with van der Waals surface area (Å²) in [5.74, 6) is -3.84. The molecule has 0 bridgehead atoms. The third kappa shape index (κ3) is 11.3. The molecule has 39 heavy (non-hydrogen) atoms. The number of unbranched alkanes of at least 4 members (excludes halogenated alkanes) is 4. The molecule has 212 valence electrons. The lowest BCUT2D eigenvalue weighted by Crippen LogP contribution is -2.25. The van der Waals surface area contributed by atoms with E-state index in [0.717, 1.165) is 36.6 Å². The van der Waals surface area contributed by atoms with Crippen LogP contribution in [0.15, 0.2) is 61.7 Å². The molecule has 2 aromatic carbocycles. The van der Waals surface area contributed by atoms with Gasteiger partial charge in [-0.1, -0.05) is 24.8 Å². The highest BCUT2D eigenvalue weighted by atomic mass is 19.3. The van der Waals surface area contributed by atoms with E-state index in [1.54, 1.807) is 12.1 Å². The lowest BCUT2D eigenvalue weighted by Gasteiger charge is -2.20. The highest BCUT2D eigenvalue weighted by Gasteiger charge is 2.41. The predicted octanol–water partition coefficient (Wildman–Crippen LogP) is 7.37. The molecular weight excluding hydrogens is 516 g/mol. The molecule has 0 spiro atoms. The zero-order valence-electron chi connectivity index (χ0n) is 21.9. The van der Waals surface area contributed by atoms with Gasteiger partial charge in [0.05, 0.1) is 19.6 Å². The van der Waals surface area contributed by atoms with Crippen LogP contribution in [-0.4, -0.2) is 25.2 Å². The van der Waals surface area contributed by atoms with Crippen molar-refractivity contribution in [1.82, 2.24) is 0 Å². The highest BCUT2D eigenvalue weighted by Crippen LogP contribution is 2.35. The van der Waals surface area contributed by atoms with Gasteiger partial charge in [-0.05, 0) is 86.8 Å². The monoisotopic (exact) mass is 550 g/mol. The first-order valence-electron chi connectivity index (χ1n) is 12.9. The lowest BCUT2D eigenvalue weighted by atomic mass is 10.0. The Morgan fingerprint density at radius 2 is 1.36 bits per heavy atom. The van der Waals surface area contributed by atoms with E-state index in [-0.39, 0.29) is 36.7 Å². The number of rotatable bonds is 18. The first-order chi connectivity index (χ1) is 18.7. The minimum absolute atomic E-state index is 0.178. The van der Waals surface area contributed by atoms with Crippen LogP contribution in [0.1, 0.15) is 61.6 Å². The Morgan fingerprint density at radius 1 is 0.795 bits per heavy atom. The van der Waals surface area contributed by atoms with E-state index in [0.29, 0.717) is 38.7 Å². The molecule has 0 radical (unpaired) electrons. The summed E-state index contributed by atoms with van der Waals surface area (Å²) in [6.07, 6.45) is 3.50. The van der Waals surface area contributed by atoms with Gasteiger partial charge in [0.2, 0.25) is 0 Å². The van der Waals surface area contributed by atoms with Gasteiger partial charge in [-0.2, -0.15) is 8.78 Å². The first-order valence-corrected chi connectivity index (χ1v) is 12.9. The van der Waals surface area contributed by atoms with Crippen LogP contribution in [-0.2, 0) is 38.0 Å². The van der Waals surface area contributed by atoms with Crippen LogP contribution in [0.5, 0.6) is 5.75 Å². The van der Waals surface area contributed by atoms with Gasteiger partial charge in [-0.15, -0.1) is 6.58 Å². The molecule has 0 atom stereocenters. The van der Waals surface area contributed by atoms with Gasteiger partial charge in [-0.3, -0.25) is 4.79 Å². The van der Waals surface area contributed by atoms with Crippen molar-refractivity contribution in [3.05, 3.63) is 90.0 Å². The fourth-order valence-electron chi connectivity index (χ4n) is 3.78. The third-order valence-electron chi connectivity index (χ3n) is 5.77. The second kappa shape index (κ2) is 16.4. The molecule has 0 heterocycles. The van der Waals surface area contributed by atoms with Crippen LogP contribution in [0.4, 0.5) is 17.6 Å². The number of carbonyl (C=O) groups is 2. The number of carbonyl (C=O) groups excluding carboxylic acids is 2. The molecule has 2 rings (SSSR count). The van der Waals surface area contributed by atoms with Gasteiger partial charge < -0.3 is 14.2 Å². The third-order valence-corrected chi connectivity index (χ3v) is 5.77. The number of aryl methyl sites for hydroxylation is 2. The van der Waals surface area contributed by atoms with E-state index < -0.39 is 29.3 Å². The number of esters is 2. The van der Waals surface area contributed by atoms with Crippen LogP contribution in [0.3, 0.4) is 0 Å². The van der Waals surface area contributed by atoms with E-state index >= 15 is 0 Å². The summed E-state index contributed by atoms with van der Waals surface area (Å²) in [6.45, 7) is 7.29. The molecule has 0 fully saturated rings. The normalized spacial score (nSPS) is 11.1. The standard InChI is InChI=1S/C30H34F4O5/c1-3-11-28(36)38-19-10-5-7-12-22-14-16-24(17-15-22)39-30(33,34)29-25(31)20-23(21-26(29)32)13-8-6-9-18-37-27(35)4-2/h3-4,14-17,20-21H,1-2,5-13,18-19H2. The molecule has 0 aliphatic heterocycles. The van der Waals surface area contributed by atoms with E-state index in [4.69, 9.17) is 9.47 Å². The Kier molecular flexibility index (Phi) is 13.3. The summed E-state index contributed by atoms with van der Waals surface area (Å²) in [6, 6.07) is 7.66. The SMILES string of the molecule is C=CCC(=O)OCCCCCc1ccc(OC(F)(F)c2c(F)cc(CCCCCOC(=O)C=C)cc2F)cc1. The van der Waals surface area contributed by atoms with Gasteiger partial charge in [0.15, 0.2) is 0 Å². The van der Waals surface area contributed by atoms with Crippen LogP contribution < -0.4 is 4.74 Å². The molecule has 0 saturated carbocycles. The summed E-state index contributed by atoms with van der Waals surface area (Å²) in [7, 11) is 0. The highest BCUT2D eigenvalue weighted by molar-refractivity contribution is 5.81. The number of halogens is 4. The Labute approximate surface area is 226 Å². The second-order valence-electron chi connectivity index (χ2n) is 8.90. The van der Waals surface area contributed by atoms with E-state index in [2.05, 4.69) is 17.9 Å². The molecule has 9 heteroatoms. The molecule has 2 aromatic rings. The largest absolute Gasteiger partial charge is 0.465 e. The van der Waals surface area contributed by atoms with Gasteiger partial charge in [0.25, 0.3) is 0 Å². The molecule has 0 saturated heterocycles. The maximum absolute atomic E-state index is 14.7. The smallest absolute Gasteiger partial charge is 0.432 e. The zero-order valence-corrected chi connectivity index (χ0v) is 21.9. The number of hydrogen-bond acceptors (Lipinski definition) is 5. The fourth-order valence-corrected chi connectivity index (χ4v) is 3.78. The quantitative estimate of drug-likeness (QED) is 0.0638. The molecule has 0 N–H and O–H groups in total. The Bertz CT molecular complexity index is 1080. The summed E-state index contributed by atoms with van der Waals surface area (Å²) < 4.78 is 73.1. The number of ether oxygens (including phenoxy) is 3. The van der Waals surface area contributed by atoms with Gasteiger partial charge in [0.1, 0.15) is 22.9 Å². The molecule has 5 nitrogen and oxygen atoms in total. The molecule has 0 amide bonds. The van der Waals surface area contributed by atoms with Crippen molar-refractivity contribution >= 4 is 11.9 Å². The number of benzene rings is 2. The zero-order chi connectivity index (χ0) is 28.7. The van der Waals surface area contributed by atoms with Crippen molar-refractivity contribution in [2.45, 2.75) is 63.9 Å². The molecule has 0 aromatic heterocycles. The molecule has 0 aliphatic carbocycles. The molecular formula is C30H34F4O5. The van der Waals surface area contributed by atoms with E-state index in [9.17, 15) is 27.2 Å². The van der Waals surface area contributed by atoms with Crippen molar-refractivity contribution in [2.75, 3.05) is 13.2 Å². The van der Waals surface area contributed by atoms with Crippen LogP contribution >= 0.6 is 0 Å². The summed E-state index contributed by atoms with van der Waals surface area (Å²) in [5.41, 5.74) is -0.317. The maximum atomic E-state index is 14.7. The van der Waals surface area contributed by atoms with E-state index in [1.807, 2.05) is 0 Å². The Balaban J connectivity index is 1.83. The van der Waals surface area contributed by atoms with Gasteiger partial charge >= 0.3 is 18.0 Å². The van der Waals surface area contributed by atoms with Gasteiger partial charge in [0, 0.05) is 6.08 Å². The lowest BCUT2D eigenvalue weighted by molar-refractivity contribution is -0.189. The summed E-state index contributed by atoms with van der Waals surface area (Å²) in [5, 5.41) is 0. The minimum atomic E-state index is -4.22. The predicted molar refractivity (Wildman–Crippen MR) is 139 cm³/mol. The Hall–Kier alpha value is -3.62. The molecule has 0 unspecified atom stereocenters. The maximum Gasteiger partial charge on any atom is 0.432 e. The Morgan fingerprint density at radius 3 is 1.92 bits per heavy atom. The van der Waals surface area contributed by atoms with E-state index in [1.165, 1.54) is 18.2 Å². The van der Waals surface area contributed by atoms with Gasteiger partial charge in [-0.25, -0.2) is 13.6 Å². The molecule has 0 aliphatic rings. The topological polar surface area (TPSA) is 61.8 Å². The number of hydrogen-bond donors (Lipinski definition) is 0.